The van der Waals surface area contributed by atoms with E-state index in [0.29, 0.717) is 19.4 Å². The van der Waals surface area contributed by atoms with Gasteiger partial charge in [0.25, 0.3) is 0 Å². The summed E-state index contributed by atoms with van der Waals surface area (Å²) in [6.07, 6.45) is 2.22. The Morgan fingerprint density at radius 2 is 1.95 bits per heavy atom. The quantitative estimate of drug-likeness (QED) is 0.802. The number of ether oxygens (including phenoxy) is 1. The summed E-state index contributed by atoms with van der Waals surface area (Å²) in [5.41, 5.74) is 3.34. The van der Waals surface area contributed by atoms with Gasteiger partial charge in [0.05, 0.1) is 12.9 Å². The van der Waals surface area contributed by atoms with Crippen LogP contribution in [0, 0.1) is 13.8 Å². The van der Waals surface area contributed by atoms with E-state index >= 15 is 0 Å². The van der Waals surface area contributed by atoms with Gasteiger partial charge < -0.3 is 4.74 Å². The molecule has 0 unspecified atom stereocenters. The van der Waals surface area contributed by atoms with Crippen LogP contribution in [0.25, 0.3) is 0 Å². The molecule has 0 amide bonds. The number of nitrogens with one attached hydrogen (secondary N) is 1. The third kappa shape index (κ3) is 5.13. The van der Waals surface area contributed by atoms with E-state index in [-0.39, 0.29) is 5.75 Å². The van der Waals surface area contributed by atoms with Gasteiger partial charge in [0.1, 0.15) is 5.75 Å². The maximum Gasteiger partial charge on any atom is 0.211 e. The number of hydrogen-bond acceptors (Lipinski definition) is 3. The van der Waals surface area contributed by atoms with Crippen LogP contribution in [0.15, 0.2) is 12.1 Å². The SMILES string of the molecule is CCCCS(=O)(=O)NCCc1c(C)cc(C)cc1OC. The Morgan fingerprint density at radius 3 is 2.55 bits per heavy atom. The molecular weight excluding hydrogens is 274 g/mol. The summed E-state index contributed by atoms with van der Waals surface area (Å²) in [6, 6.07) is 4.07. The second-order valence-corrected chi connectivity index (χ2v) is 7.01. The molecule has 114 valence electrons. The molecule has 0 bridgehead atoms. The molecule has 1 aromatic carbocycles. The second-order valence-electron chi connectivity index (χ2n) is 5.08. The average molecular weight is 299 g/mol. The Bertz CT molecular complexity index is 538. The van der Waals surface area contributed by atoms with Crippen molar-refractivity contribution in [1.29, 1.82) is 0 Å². The molecule has 0 heterocycles. The minimum atomic E-state index is -3.15. The molecule has 1 rings (SSSR count). The normalized spacial score (nSPS) is 11.6. The molecule has 0 aliphatic heterocycles. The van der Waals surface area contributed by atoms with E-state index in [1.807, 2.05) is 26.8 Å². The molecule has 1 N–H and O–H groups in total. The van der Waals surface area contributed by atoms with Crippen molar-refractivity contribution < 1.29 is 13.2 Å². The summed E-state index contributed by atoms with van der Waals surface area (Å²) >= 11 is 0. The lowest BCUT2D eigenvalue weighted by Crippen LogP contribution is -2.28. The zero-order valence-electron chi connectivity index (χ0n) is 12.8. The first-order chi connectivity index (χ1) is 9.39. The van der Waals surface area contributed by atoms with Crippen LogP contribution in [-0.2, 0) is 16.4 Å². The van der Waals surface area contributed by atoms with Gasteiger partial charge in [-0.2, -0.15) is 0 Å². The first kappa shape index (κ1) is 17.0. The van der Waals surface area contributed by atoms with Crippen LogP contribution in [0.5, 0.6) is 5.75 Å². The molecule has 4 nitrogen and oxygen atoms in total. The predicted molar refractivity (Wildman–Crippen MR) is 82.9 cm³/mol. The summed E-state index contributed by atoms with van der Waals surface area (Å²) < 4.78 is 31.5. The van der Waals surface area contributed by atoms with Crippen LogP contribution in [0.4, 0.5) is 0 Å². The fraction of sp³-hybridized carbons (Fsp3) is 0.600. The van der Waals surface area contributed by atoms with Crippen LogP contribution < -0.4 is 9.46 Å². The number of aryl methyl sites for hydroxylation is 2. The first-order valence-corrected chi connectivity index (χ1v) is 8.66. The molecule has 0 radical (unpaired) electrons. The van der Waals surface area contributed by atoms with Crippen LogP contribution in [-0.4, -0.2) is 27.8 Å². The highest BCUT2D eigenvalue weighted by molar-refractivity contribution is 7.89. The fourth-order valence-electron chi connectivity index (χ4n) is 2.20. The van der Waals surface area contributed by atoms with Crippen molar-refractivity contribution in [2.45, 2.75) is 40.0 Å². The Balaban J connectivity index is 2.67. The third-order valence-electron chi connectivity index (χ3n) is 3.26. The molecular formula is C15H25NO3S. The maximum absolute atomic E-state index is 11.7. The zero-order chi connectivity index (χ0) is 15.2. The lowest BCUT2D eigenvalue weighted by molar-refractivity contribution is 0.408. The number of hydrogen-bond donors (Lipinski definition) is 1. The zero-order valence-corrected chi connectivity index (χ0v) is 13.6. The van der Waals surface area contributed by atoms with Gasteiger partial charge in [-0.25, -0.2) is 13.1 Å². The van der Waals surface area contributed by atoms with Gasteiger partial charge >= 0.3 is 0 Å². The van der Waals surface area contributed by atoms with Gasteiger partial charge in [-0.1, -0.05) is 19.4 Å². The van der Waals surface area contributed by atoms with Crippen molar-refractivity contribution in [2.24, 2.45) is 0 Å². The number of unbranched alkanes of at least 4 members (excludes halogenated alkanes) is 1. The number of rotatable bonds is 8. The van der Waals surface area contributed by atoms with Crippen molar-refractivity contribution in [2.75, 3.05) is 19.4 Å². The van der Waals surface area contributed by atoms with Gasteiger partial charge in [0.15, 0.2) is 0 Å². The molecule has 0 atom stereocenters. The predicted octanol–water partition coefficient (Wildman–Crippen LogP) is 2.57. The number of benzene rings is 1. The summed E-state index contributed by atoms with van der Waals surface area (Å²) in [4.78, 5) is 0. The molecule has 0 aliphatic rings. The minimum absolute atomic E-state index is 0.202. The lowest BCUT2D eigenvalue weighted by atomic mass is 10.0. The topological polar surface area (TPSA) is 55.4 Å². The monoisotopic (exact) mass is 299 g/mol. The molecule has 0 fully saturated rings. The van der Waals surface area contributed by atoms with Crippen LogP contribution in [0.3, 0.4) is 0 Å². The smallest absolute Gasteiger partial charge is 0.211 e. The van der Waals surface area contributed by atoms with E-state index in [2.05, 4.69) is 10.8 Å². The molecule has 20 heavy (non-hydrogen) atoms. The Kier molecular flexibility index (Phi) is 6.49. The highest BCUT2D eigenvalue weighted by Crippen LogP contribution is 2.24. The van der Waals surface area contributed by atoms with Gasteiger partial charge in [-0.3, -0.25) is 0 Å². The van der Waals surface area contributed by atoms with Gasteiger partial charge in [-0.15, -0.1) is 0 Å². The molecule has 5 heteroatoms. The van der Waals surface area contributed by atoms with E-state index in [0.717, 1.165) is 28.9 Å². The van der Waals surface area contributed by atoms with Crippen molar-refractivity contribution in [3.8, 4) is 5.75 Å². The molecule has 0 saturated carbocycles. The maximum atomic E-state index is 11.7. The van der Waals surface area contributed by atoms with E-state index in [9.17, 15) is 8.42 Å². The van der Waals surface area contributed by atoms with Crippen molar-refractivity contribution in [1.82, 2.24) is 4.72 Å². The Morgan fingerprint density at radius 1 is 1.25 bits per heavy atom. The second kappa shape index (κ2) is 7.64. The Labute approximate surface area is 122 Å². The van der Waals surface area contributed by atoms with E-state index in [1.165, 1.54) is 0 Å². The number of methoxy groups -OCH3 is 1. The minimum Gasteiger partial charge on any atom is -0.496 e. The summed E-state index contributed by atoms with van der Waals surface area (Å²) in [6.45, 7) is 6.44. The summed E-state index contributed by atoms with van der Waals surface area (Å²) in [5.74, 6) is 1.03. The van der Waals surface area contributed by atoms with Gasteiger partial charge in [0, 0.05) is 6.54 Å². The van der Waals surface area contributed by atoms with Crippen LogP contribution >= 0.6 is 0 Å². The highest BCUT2D eigenvalue weighted by Gasteiger charge is 2.11. The average Bonchev–Trinajstić information content (AvgIpc) is 2.38. The van der Waals surface area contributed by atoms with Crippen molar-refractivity contribution in [3.05, 3.63) is 28.8 Å². The Hall–Kier alpha value is -1.07. The molecule has 1 aromatic rings. The summed E-state index contributed by atoms with van der Waals surface area (Å²) in [7, 11) is -1.50. The van der Waals surface area contributed by atoms with Crippen molar-refractivity contribution in [3.63, 3.8) is 0 Å². The lowest BCUT2D eigenvalue weighted by Gasteiger charge is -2.13. The molecule has 0 aliphatic carbocycles. The van der Waals surface area contributed by atoms with Gasteiger partial charge in [-0.05, 0) is 49.4 Å². The molecule has 0 spiro atoms. The van der Waals surface area contributed by atoms with E-state index in [4.69, 9.17) is 4.74 Å². The third-order valence-corrected chi connectivity index (χ3v) is 4.73. The van der Waals surface area contributed by atoms with Gasteiger partial charge in [0.2, 0.25) is 10.0 Å². The molecule has 0 aromatic heterocycles. The standard InChI is InChI=1S/C15H25NO3S/c1-5-6-9-20(17,18)16-8-7-14-13(3)10-12(2)11-15(14)19-4/h10-11,16H,5-9H2,1-4H3. The number of sulfonamides is 1. The fourth-order valence-corrected chi connectivity index (χ4v) is 3.43. The van der Waals surface area contributed by atoms with Crippen molar-refractivity contribution >= 4 is 10.0 Å². The van der Waals surface area contributed by atoms with E-state index in [1.54, 1.807) is 7.11 Å². The highest BCUT2D eigenvalue weighted by atomic mass is 32.2. The van der Waals surface area contributed by atoms with E-state index < -0.39 is 10.0 Å². The first-order valence-electron chi connectivity index (χ1n) is 7.01. The largest absolute Gasteiger partial charge is 0.496 e. The van der Waals surface area contributed by atoms with Crippen LogP contribution in [0.1, 0.15) is 36.5 Å². The van der Waals surface area contributed by atoms with Crippen LogP contribution in [0.2, 0.25) is 0 Å². The summed E-state index contributed by atoms with van der Waals surface area (Å²) in [5, 5.41) is 0. The molecule has 0 saturated heterocycles.